The molecule has 0 heterocycles. The largest absolute Gasteiger partial charge is 0.295 e. The van der Waals surface area contributed by atoms with Crippen LogP contribution in [-0.2, 0) is 4.79 Å². The van der Waals surface area contributed by atoms with Crippen LogP contribution in [0.15, 0.2) is 11.6 Å². The van der Waals surface area contributed by atoms with Crippen LogP contribution in [0, 0.1) is 11.3 Å². The van der Waals surface area contributed by atoms with Gasteiger partial charge in [0.25, 0.3) is 0 Å². The molecule has 2 rings (SSSR count). The Morgan fingerprint density at radius 1 is 1.31 bits per heavy atom. The minimum Gasteiger partial charge on any atom is -0.295 e. The van der Waals surface area contributed by atoms with E-state index in [1.54, 1.807) is 6.92 Å². The Labute approximate surface area is 99.3 Å². The summed E-state index contributed by atoms with van der Waals surface area (Å²) in [5.74, 6) is 1.11. The highest BCUT2D eigenvalue weighted by molar-refractivity contribution is 5.93. The van der Waals surface area contributed by atoms with Gasteiger partial charge in [0.2, 0.25) is 0 Å². The summed E-state index contributed by atoms with van der Waals surface area (Å²) >= 11 is 0. The molecule has 0 aliphatic heterocycles. The second-order valence-electron chi connectivity index (χ2n) is 5.97. The van der Waals surface area contributed by atoms with E-state index in [0.29, 0.717) is 5.41 Å². The fourth-order valence-electron chi connectivity index (χ4n) is 3.55. The predicted molar refractivity (Wildman–Crippen MR) is 67.3 cm³/mol. The molecule has 16 heavy (non-hydrogen) atoms. The molecule has 0 aromatic rings. The van der Waals surface area contributed by atoms with Gasteiger partial charge >= 0.3 is 0 Å². The highest BCUT2D eigenvalue weighted by atomic mass is 16.1. The first kappa shape index (κ1) is 11.9. The Morgan fingerprint density at radius 2 is 2.00 bits per heavy atom. The van der Waals surface area contributed by atoms with Crippen LogP contribution in [0.1, 0.15) is 65.2 Å². The highest BCUT2D eigenvalue weighted by Gasteiger charge is 2.35. The molecule has 2 aliphatic carbocycles. The van der Waals surface area contributed by atoms with Crippen LogP contribution in [0.4, 0.5) is 0 Å². The molecule has 0 N–H and O–H groups in total. The monoisotopic (exact) mass is 220 g/mol. The van der Waals surface area contributed by atoms with E-state index in [2.05, 4.69) is 13.0 Å². The summed E-state index contributed by atoms with van der Waals surface area (Å²) in [6, 6.07) is 0. The average molecular weight is 220 g/mol. The predicted octanol–water partition coefficient (Wildman–Crippen LogP) is 4.27. The summed E-state index contributed by atoms with van der Waals surface area (Å²) in [4.78, 5) is 11.3. The Bertz CT molecular complexity index is 295. The Hall–Kier alpha value is -0.590. The van der Waals surface area contributed by atoms with Gasteiger partial charge in [-0.05, 0) is 55.9 Å². The summed E-state index contributed by atoms with van der Waals surface area (Å²) < 4.78 is 0. The standard InChI is InChI=1S/C15H24O/c1-12(16)13-6-8-14(9-7-13)15(2)10-4-3-5-11-15/h6,14H,3-5,7-11H2,1-2H3. The molecule has 0 spiro atoms. The van der Waals surface area contributed by atoms with E-state index >= 15 is 0 Å². The topological polar surface area (TPSA) is 17.1 Å². The molecule has 1 fully saturated rings. The van der Waals surface area contributed by atoms with Gasteiger partial charge in [-0.3, -0.25) is 4.79 Å². The number of carbonyl (C=O) groups is 1. The molecule has 0 bridgehead atoms. The summed E-state index contributed by atoms with van der Waals surface area (Å²) in [7, 11) is 0. The van der Waals surface area contributed by atoms with Crippen LogP contribution in [0.25, 0.3) is 0 Å². The maximum Gasteiger partial charge on any atom is 0.155 e. The van der Waals surface area contributed by atoms with Gasteiger partial charge in [0.1, 0.15) is 0 Å². The van der Waals surface area contributed by atoms with Crippen LogP contribution in [-0.4, -0.2) is 5.78 Å². The van der Waals surface area contributed by atoms with Gasteiger partial charge in [-0.15, -0.1) is 0 Å². The van der Waals surface area contributed by atoms with Gasteiger partial charge < -0.3 is 0 Å². The lowest BCUT2D eigenvalue weighted by atomic mass is 9.63. The van der Waals surface area contributed by atoms with Crippen LogP contribution in [0.2, 0.25) is 0 Å². The van der Waals surface area contributed by atoms with Crippen molar-refractivity contribution in [2.75, 3.05) is 0 Å². The van der Waals surface area contributed by atoms with Gasteiger partial charge in [0.05, 0.1) is 0 Å². The molecule has 1 unspecified atom stereocenters. The van der Waals surface area contributed by atoms with E-state index in [1.165, 1.54) is 38.5 Å². The molecule has 0 aromatic carbocycles. The van der Waals surface area contributed by atoms with E-state index in [1.807, 2.05) is 0 Å². The maximum atomic E-state index is 11.3. The third-order valence-electron chi connectivity index (χ3n) is 4.84. The van der Waals surface area contributed by atoms with E-state index in [-0.39, 0.29) is 5.78 Å². The lowest BCUT2D eigenvalue weighted by Gasteiger charge is -2.42. The first-order chi connectivity index (χ1) is 7.62. The molecular weight excluding hydrogens is 196 g/mol. The first-order valence-corrected chi connectivity index (χ1v) is 6.82. The second-order valence-corrected chi connectivity index (χ2v) is 5.97. The molecule has 1 nitrogen and oxygen atoms in total. The van der Waals surface area contributed by atoms with Crippen molar-refractivity contribution in [1.29, 1.82) is 0 Å². The fraction of sp³-hybridized carbons (Fsp3) is 0.800. The van der Waals surface area contributed by atoms with Gasteiger partial charge in [0.15, 0.2) is 5.78 Å². The molecule has 1 heteroatoms. The minimum absolute atomic E-state index is 0.284. The van der Waals surface area contributed by atoms with Crippen molar-refractivity contribution in [1.82, 2.24) is 0 Å². The van der Waals surface area contributed by atoms with Crippen LogP contribution in [0.5, 0.6) is 0 Å². The van der Waals surface area contributed by atoms with Crippen LogP contribution >= 0.6 is 0 Å². The third kappa shape index (κ3) is 2.39. The number of Topliss-reactive ketones (excluding diaryl/α,β-unsaturated/α-hetero) is 1. The molecular formula is C15H24O. The van der Waals surface area contributed by atoms with Crippen molar-refractivity contribution in [3.05, 3.63) is 11.6 Å². The Kier molecular flexibility index (Phi) is 3.51. The number of allylic oxidation sites excluding steroid dienone is 2. The van der Waals surface area contributed by atoms with Crippen molar-refractivity contribution >= 4 is 5.78 Å². The molecule has 90 valence electrons. The average Bonchev–Trinajstić information content (AvgIpc) is 2.30. The summed E-state index contributed by atoms with van der Waals surface area (Å²) in [5.41, 5.74) is 1.65. The number of rotatable bonds is 2. The van der Waals surface area contributed by atoms with E-state index in [9.17, 15) is 4.79 Å². The van der Waals surface area contributed by atoms with Gasteiger partial charge in [-0.2, -0.15) is 0 Å². The number of carbonyl (C=O) groups excluding carboxylic acids is 1. The third-order valence-corrected chi connectivity index (χ3v) is 4.84. The quantitative estimate of drug-likeness (QED) is 0.679. The smallest absolute Gasteiger partial charge is 0.155 e. The van der Waals surface area contributed by atoms with Crippen LogP contribution in [0.3, 0.4) is 0 Å². The molecule has 1 saturated carbocycles. The van der Waals surface area contributed by atoms with Crippen LogP contribution < -0.4 is 0 Å². The van der Waals surface area contributed by atoms with Crippen molar-refractivity contribution in [3.63, 3.8) is 0 Å². The second kappa shape index (κ2) is 4.73. The van der Waals surface area contributed by atoms with Gasteiger partial charge in [0, 0.05) is 0 Å². The van der Waals surface area contributed by atoms with Crippen molar-refractivity contribution in [3.8, 4) is 0 Å². The lowest BCUT2D eigenvalue weighted by Crippen LogP contribution is -2.31. The fourth-order valence-corrected chi connectivity index (χ4v) is 3.55. The summed E-state index contributed by atoms with van der Waals surface area (Å²) in [5, 5.41) is 0. The van der Waals surface area contributed by atoms with E-state index in [0.717, 1.165) is 24.3 Å². The van der Waals surface area contributed by atoms with Gasteiger partial charge in [-0.1, -0.05) is 32.3 Å². The molecule has 0 amide bonds. The van der Waals surface area contributed by atoms with Crippen molar-refractivity contribution in [2.45, 2.75) is 65.2 Å². The molecule has 1 atom stereocenters. The first-order valence-electron chi connectivity index (χ1n) is 6.82. The zero-order chi connectivity index (χ0) is 11.6. The Morgan fingerprint density at radius 3 is 2.50 bits per heavy atom. The number of hydrogen-bond acceptors (Lipinski definition) is 1. The highest BCUT2D eigenvalue weighted by Crippen LogP contribution is 2.47. The molecule has 0 aromatic heterocycles. The van der Waals surface area contributed by atoms with Gasteiger partial charge in [-0.25, -0.2) is 0 Å². The summed E-state index contributed by atoms with van der Waals surface area (Å²) in [6.07, 6.45) is 12.7. The maximum absolute atomic E-state index is 11.3. The lowest BCUT2D eigenvalue weighted by molar-refractivity contribution is -0.113. The normalized spacial score (nSPS) is 29.6. The van der Waals surface area contributed by atoms with E-state index < -0.39 is 0 Å². The van der Waals surface area contributed by atoms with Crippen molar-refractivity contribution < 1.29 is 4.79 Å². The summed E-state index contributed by atoms with van der Waals surface area (Å²) in [6.45, 7) is 4.18. The minimum atomic E-state index is 0.284. The zero-order valence-corrected chi connectivity index (χ0v) is 10.7. The Balaban J connectivity index is 2.00. The molecule has 2 aliphatic rings. The molecule has 0 radical (unpaired) electrons. The zero-order valence-electron chi connectivity index (χ0n) is 10.7. The van der Waals surface area contributed by atoms with E-state index in [4.69, 9.17) is 0 Å². The van der Waals surface area contributed by atoms with Crippen molar-refractivity contribution in [2.24, 2.45) is 11.3 Å². The SMILES string of the molecule is CC(=O)C1=CCC(C2(C)CCCCC2)CC1. The number of hydrogen-bond donors (Lipinski definition) is 0. The number of ketones is 1. The molecule has 0 saturated heterocycles.